The van der Waals surface area contributed by atoms with Gasteiger partial charge in [0, 0.05) is 19.1 Å². The first-order valence-corrected chi connectivity index (χ1v) is 5.73. The summed E-state index contributed by atoms with van der Waals surface area (Å²) < 4.78 is 0. The fourth-order valence-electron chi connectivity index (χ4n) is 1.36. The maximum Gasteiger partial charge on any atom is 0.234 e. The first-order chi connectivity index (χ1) is 7.47. The summed E-state index contributed by atoms with van der Waals surface area (Å²) in [6, 6.07) is 0.202. The summed E-state index contributed by atoms with van der Waals surface area (Å²) in [6.45, 7) is 9.69. The number of nitrogens with one attached hydrogen (secondary N) is 2. The Morgan fingerprint density at radius 3 is 2.50 bits per heavy atom. The second kappa shape index (κ2) is 8.30. The molecule has 0 aliphatic carbocycles. The summed E-state index contributed by atoms with van der Waals surface area (Å²) in [5.74, 6) is 0.480. The molecule has 0 rings (SSSR count). The van der Waals surface area contributed by atoms with E-state index in [9.17, 15) is 4.79 Å². The van der Waals surface area contributed by atoms with Gasteiger partial charge in [0.25, 0.3) is 0 Å². The molecular weight excluding hydrogens is 202 g/mol. The molecule has 1 atom stereocenters. The number of carbonyl (C=O) groups excluding carboxylic acids is 1. The molecule has 0 fully saturated rings. The maximum atomic E-state index is 11.6. The average molecular weight is 227 g/mol. The summed E-state index contributed by atoms with van der Waals surface area (Å²) in [6.07, 6.45) is 1.74. The van der Waals surface area contributed by atoms with Crippen LogP contribution in [0.5, 0.6) is 0 Å². The van der Waals surface area contributed by atoms with E-state index in [1.54, 1.807) is 6.08 Å². The highest BCUT2D eigenvalue weighted by Gasteiger charge is 2.16. The number of nitrogens with zero attached hydrogens (tertiary/aromatic N) is 1. The van der Waals surface area contributed by atoms with Crippen molar-refractivity contribution < 1.29 is 4.79 Å². The third-order valence-electron chi connectivity index (χ3n) is 2.29. The highest BCUT2D eigenvalue weighted by atomic mass is 16.2. The first kappa shape index (κ1) is 15.1. The molecule has 0 heterocycles. The molecular formula is C12H25N3O. The van der Waals surface area contributed by atoms with Crippen LogP contribution in [0, 0.1) is 5.92 Å². The van der Waals surface area contributed by atoms with Crippen LogP contribution in [0.25, 0.3) is 0 Å². The SMILES string of the molecule is C=CCNCC(=O)NC(CN(C)C)C(C)C. The van der Waals surface area contributed by atoms with Crippen molar-refractivity contribution in [3.05, 3.63) is 12.7 Å². The van der Waals surface area contributed by atoms with Crippen LogP contribution in [0.3, 0.4) is 0 Å². The number of carbonyl (C=O) groups is 1. The average Bonchev–Trinajstić information content (AvgIpc) is 2.16. The minimum absolute atomic E-state index is 0.0439. The predicted molar refractivity (Wildman–Crippen MR) is 68.4 cm³/mol. The number of amides is 1. The lowest BCUT2D eigenvalue weighted by Crippen LogP contribution is -2.47. The lowest BCUT2D eigenvalue weighted by Gasteiger charge is -2.25. The van der Waals surface area contributed by atoms with E-state index >= 15 is 0 Å². The molecule has 0 aromatic carbocycles. The highest BCUT2D eigenvalue weighted by Crippen LogP contribution is 2.02. The van der Waals surface area contributed by atoms with Gasteiger partial charge < -0.3 is 15.5 Å². The molecule has 2 N–H and O–H groups in total. The molecule has 16 heavy (non-hydrogen) atoms. The van der Waals surface area contributed by atoms with Gasteiger partial charge >= 0.3 is 0 Å². The molecule has 0 aromatic heterocycles. The minimum Gasteiger partial charge on any atom is -0.351 e. The van der Waals surface area contributed by atoms with E-state index in [1.807, 2.05) is 14.1 Å². The lowest BCUT2D eigenvalue weighted by atomic mass is 10.0. The fraction of sp³-hybridized carbons (Fsp3) is 0.750. The molecule has 0 aliphatic heterocycles. The molecule has 0 aliphatic rings. The molecule has 1 unspecified atom stereocenters. The van der Waals surface area contributed by atoms with E-state index in [1.165, 1.54) is 0 Å². The summed E-state index contributed by atoms with van der Waals surface area (Å²) in [4.78, 5) is 13.7. The Bertz CT molecular complexity index is 214. The normalized spacial score (nSPS) is 12.9. The van der Waals surface area contributed by atoms with Crippen molar-refractivity contribution in [2.75, 3.05) is 33.7 Å². The Morgan fingerprint density at radius 2 is 2.06 bits per heavy atom. The van der Waals surface area contributed by atoms with E-state index in [2.05, 4.69) is 36.0 Å². The summed E-state index contributed by atoms with van der Waals surface area (Å²) >= 11 is 0. The molecule has 0 saturated heterocycles. The molecule has 1 amide bonds. The van der Waals surface area contributed by atoms with Crippen molar-refractivity contribution >= 4 is 5.91 Å². The maximum absolute atomic E-state index is 11.6. The number of hydrogen-bond donors (Lipinski definition) is 2. The molecule has 0 bridgehead atoms. The van der Waals surface area contributed by atoms with Gasteiger partial charge in [-0.25, -0.2) is 0 Å². The summed E-state index contributed by atoms with van der Waals surface area (Å²) in [5.41, 5.74) is 0. The zero-order valence-corrected chi connectivity index (χ0v) is 10.9. The largest absolute Gasteiger partial charge is 0.351 e. The summed E-state index contributed by atoms with van der Waals surface area (Å²) in [7, 11) is 4.02. The number of rotatable bonds is 8. The first-order valence-electron chi connectivity index (χ1n) is 5.73. The highest BCUT2D eigenvalue weighted by molar-refractivity contribution is 5.78. The van der Waals surface area contributed by atoms with Crippen molar-refractivity contribution in [3.8, 4) is 0 Å². The second-order valence-electron chi connectivity index (χ2n) is 4.60. The molecule has 94 valence electrons. The Morgan fingerprint density at radius 1 is 1.44 bits per heavy atom. The van der Waals surface area contributed by atoms with Crippen LogP contribution in [0.15, 0.2) is 12.7 Å². The third-order valence-corrected chi connectivity index (χ3v) is 2.29. The Labute approximate surface area is 99.1 Å². The van der Waals surface area contributed by atoms with Crippen molar-refractivity contribution in [1.29, 1.82) is 0 Å². The number of likely N-dealkylation sites (N-methyl/N-ethyl adjacent to an activating group) is 1. The molecule has 0 spiro atoms. The van der Waals surface area contributed by atoms with Gasteiger partial charge in [-0.3, -0.25) is 4.79 Å². The van der Waals surface area contributed by atoms with Crippen molar-refractivity contribution in [3.63, 3.8) is 0 Å². The zero-order valence-electron chi connectivity index (χ0n) is 10.9. The third kappa shape index (κ3) is 7.43. The Balaban J connectivity index is 3.98. The van der Waals surface area contributed by atoms with Crippen LogP contribution in [0.1, 0.15) is 13.8 Å². The summed E-state index contributed by atoms with van der Waals surface area (Å²) in [5, 5.41) is 6.02. The molecule has 4 nitrogen and oxygen atoms in total. The van der Waals surface area contributed by atoms with Gasteiger partial charge in [0.15, 0.2) is 0 Å². The van der Waals surface area contributed by atoms with E-state index in [-0.39, 0.29) is 11.9 Å². The molecule has 0 saturated carbocycles. The minimum atomic E-state index is 0.0439. The van der Waals surface area contributed by atoms with Crippen molar-refractivity contribution in [1.82, 2.24) is 15.5 Å². The van der Waals surface area contributed by atoms with E-state index in [4.69, 9.17) is 0 Å². The Kier molecular flexibility index (Phi) is 7.85. The molecule has 0 aromatic rings. The predicted octanol–water partition coefficient (Wildman–Crippen LogP) is 0.464. The van der Waals surface area contributed by atoms with Gasteiger partial charge in [-0.15, -0.1) is 6.58 Å². The topological polar surface area (TPSA) is 44.4 Å². The molecule has 4 heteroatoms. The zero-order chi connectivity index (χ0) is 12.6. The van der Waals surface area contributed by atoms with E-state index < -0.39 is 0 Å². The van der Waals surface area contributed by atoms with Crippen LogP contribution in [-0.4, -0.2) is 50.6 Å². The lowest BCUT2D eigenvalue weighted by molar-refractivity contribution is -0.121. The van der Waals surface area contributed by atoms with Crippen LogP contribution < -0.4 is 10.6 Å². The van der Waals surface area contributed by atoms with Crippen LogP contribution in [-0.2, 0) is 4.79 Å². The van der Waals surface area contributed by atoms with Crippen LogP contribution >= 0.6 is 0 Å². The van der Waals surface area contributed by atoms with Crippen molar-refractivity contribution in [2.45, 2.75) is 19.9 Å². The number of hydrogen-bond acceptors (Lipinski definition) is 3. The van der Waals surface area contributed by atoms with Gasteiger partial charge in [-0.2, -0.15) is 0 Å². The van der Waals surface area contributed by atoms with E-state index in [0.717, 1.165) is 6.54 Å². The van der Waals surface area contributed by atoms with Gasteiger partial charge in [0.2, 0.25) is 5.91 Å². The van der Waals surface area contributed by atoms with Crippen LogP contribution in [0.2, 0.25) is 0 Å². The Hall–Kier alpha value is -0.870. The quantitative estimate of drug-likeness (QED) is 0.468. The van der Waals surface area contributed by atoms with Gasteiger partial charge in [0.1, 0.15) is 0 Å². The van der Waals surface area contributed by atoms with Crippen LogP contribution in [0.4, 0.5) is 0 Å². The monoisotopic (exact) mass is 227 g/mol. The van der Waals surface area contributed by atoms with Crippen molar-refractivity contribution in [2.24, 2.45) is 5.92 Å². The standard InChI is InChI=1S/C12H25N3O/c1-6-7-13-8-12(16)14-11(10(2)3)9-15(4)5/h6,10-11,13H,1,7-9H2,2-5H3,(H,14,16). The smallest absolute Gasteiger partial charge is 0.234 e. The van der Waals surface area contributed by atoms with Gasteiger partial charge in [-0.1, -0.05) is 19.9 Å². The van der Waals surface area contributed by atoms with E-state index in [0.29, 0.717) is 19.0 Å². The molecule has 0 radical (unpaired) electrons. The van der Waals surface area contributed by atoms with Gasteiger partial charge in [0.05, 0.1) is 6.54 Å². The second-order valence-corrected chi connectivity index (χ2v) is 4.60. The van der Waals surface area contributed by atoms with Gasteiger partial charge in [-0.05, 0) is 20.0 Å². The fourth-order valence-corrected chi connectivity index (χ4v) is 1.36.